The third-order valence-electron chi connectivity index (χ3n) is 3.41. The maximum absolute atomic E-state index is 12.9. The van der Waals surface area contributed by atoms with E-state index in [9.17, 15) is 31.2 Å². The van der Waals surface area contributed by atoms with Crippen LogP contribution in [-0.4, -0.2) is 25.7 Å². The van der Waals surface area contributed by atoms with E-state index in [1.807, 2.05) is 0 Å². The van der Waals surface area contributed by atoms with Crippen LogP contribution in [0.25, 0.3) is 0 Å². The fourth-order valence-electron chi connectivity index (χ4n) is 2.32. The van der Waals surface area contributed by atoms with Crippen molar-refractivity contribution in [3.63, 3.8) is 0 Å². The maximum Gasteiger partial charge on any atom is 0.501 e. The number of rotatable bonds is 2. The zero-order chi connectivity index (χ0) is 17.7. The highest BCUT2D eigenvalue weighted by Crippen LogP contribution is 2.38. The number of alkyl halides is 3. The number of imide groups is 1. The lowest BCUT2D eigenvalue weighted by Gasteiger charge is -2.18. The molecule has 0 unspecified atom stereocenters. The number of halogens is 3. The number of carbonyl (C=O) groups excluding carboxylic acids is 2. The Bertz CT molecular complexity index is 932. The number of hydrogen-bond acceptors (Lipinski definition) is 4. The van der Waals surface area contributed by atoms with Crippen molar-refractivity contribution in [1.29, 1.82) is 0 Å². The first kappa shape index (κ1) is 16.2. The summed E-state index contributed by atoms with van der Waals surface area (Å²) in [6.45, 7) is 0. The molecule has 0 bridgehead atoms. The first-order valence-electron chi connectivity index (χ1n) is 6.46. The van der Waals surface area contributed by atoms with Gasteiger partial charge in [0.25, 0.3) is 21.7 Å². The van der Waals surface area contributed by atoms with Gasteiger partial charge in [0, 0.05) is 6.07 Å². The van der Waals surface area contributed by atoms with E-state index in [0.717, 1.165) is 12.1 Å². The quantitative estimate of drug-likeness (QED) is 0.777. The van der Waals surface area contributed by atoms with Crippen LogP contribution < -0.4 is 4.90 Å². The third kappa shape index (κ3) is 2.20. The van der Waals surface area contributed by atoms with E-state index in [-0.39, 0.29) is 11.1 Å². The predicted octanol–water partition coefficient (Wildman–Crippen LogP) is 2.58. The van der Waals surface area contributed by atoms with Crippen LogP contribution in [-0.2, 0) is 9.84 Å². The van der Waals surface area contributed by atoms with Gasteiger partial charge in [-0.05, 0) is 18.2 Å². The van der Waals surface area contributed by atoms with Gasteiger partial charge in [-0.25, -0.2) is 13.3 Å². The summed E-state index contributed by atoms with van der Waals surface area (Å²) in [5.41, 5.74) is -6.36. The number of amides is 2. The van der Waals surface area contributed by atoms with Crippen LogP contribution in [0.2, 0.25) is 0 Å². The Morgan fingerprint density at radius 3 is 1.96 bits per heavy atom. The minimum Gasteiger partial charge on any atom is -0.268 e. The van der Waals surface area contributed by atoms with Crippen molar-refractivity contribution in [3.8, 4) is 0 Å². The number of hydrogen-bond donors (Lipinski definition) is 0. The summed E-state index contributed by atoms with van der Waals surface area (Å²) in [6, 6.07) is 10.7. The van der Waals surface area contributed by atoms with Gasteiger partial charge in [0.05, 0.1) is 16.8 Å². The number of sulfone groups is 1. The number of benzene rings is 2. The standard InChI is InChI=1S/C15H7F3NO4S/c16-15(17,18)24(22,23)12-8-4-3-7-11(12)19-13(20)9-5-1-2-6-10(9)14(19)21/h1-6,8H. The molecule has 0 N–H and O–H groups in total. The smallest absolute Gasteiger partial charge is 0.268 e. The fraction of sp³-hybridized carbons (Fsp3) is 0.0667. The largest absolute Gasteiger partial charge is 0.501 e. The highest BCUT2D eigenvalue weighted by molar-refractivity contribution is 7.92. The molecule has 0 fully saturated rings. The first-order valence-corrected chi connectivity index (χ1v) is 7.94. The fourth-order valence-corrected chi connectivity index (χ4v) is 3.23. The van der Waals surface area contributed by atoms with E-state index >= 15 is 0 Å². The van der Waals surface area contributed by atoms with E-state index in [1.165, 1.54) is 24.3 Å². The molecule has 3 rings (SSSR count). The Balaban J connectivity index is 2.21. The summed E-state index contributed by atoms with van der Waals surface area (Å²) in [5, 5.41) is 0. The minimum atomic E-state index is -5.76. The number of fused-ring (bicyclic) bond motifs is 1. The van der Waals surface area contributed by atoms with Crippen LogP contribution in [0.15, 0.2) is 47.4 Å². The van der Waals surface area contributed by atoms with E-state index < -0.39 is 37.7 Å². The van der Waals surface area contributed by atoms with Crippen molar-refractivity contribution in [2.24, 2.45) is 0 Å². The molecule has 0 saturated heterocycles. The van der Waals surface area contributed by atoms with E-state index in [2.05, 4.69) is 6.07 Å². The molecule has 123 valence electrons. The van der Waals surface area contributed by atoms with Crippen LogP contribution in [0.1, 0.15) is 20.7 Å². The van der Waals surface area contributed by atoms with Gasteiger partial charge >= 0.3 is 5.51 Å². The molecule has 1 aliphatic heterocycles. The second-order valence-corrected chi connectivity index (χ2v) is 6.73. The number of anilines is 1. The molecular formula is C15H7F3NO4S. The van der Waals surface area contributed by atoms with Crippen molar-refractivity contribution in [2.45, 2.75) is 10.4 Å². The first-order chi connectivity index (χ1) is 11.2. The highest BCUT2D eigenvalue weighted by Gasteiger charge is 2.49. The molecular weight excluding hydrogens is 347 g/mol. The van der Waals surface area contributed by atoms with E-state index in [1.54, 1.807) is 0 Å². The number of carbonyl (C=O) groups is 2. The molecule has 1 heterocycles. The second kappa shape index (κ2) is 5.17. The average molecular weight is 354 g/mol. The van der Waals surface area contributed by atoms with Gasteiger partial charge in [-0.15, -0.1) is 0 Å². The molecule has 0 spiro atoms. The number of nitrogens with zero attached hydrogens (tertiary/aromatic N) is 1. The Morgan fingerprint density at radius 1 is 0.917 bits per heavy atom. The zero-order valence-corrected chi connectivity index (χ0v) is 12.5. The summed E-state index contributed by atoms with van der Waals surface area (Å²) in [4.78, 5) is 23.9. The molecule has 1 aliphatic rings. The molecule has 5 nitrogen and oxygen atoms in total. The summed E-state index contributed by atoms with van der Waals surface area (Å²) >= 11 is 0. The lowest BCUT2D eigenvalue weighted by molar-refractivity contribution is -0.0435. The lowest BCUT2D eigenvalue weighted by atomic mass is 10.1. The SMILES string of the molecule is O=C1c2ccccc2C(=O)N1c1[c]cccc1S(=O)(=O)C(F)(F)F. The molecule has 2 aromatic rings. The van der Waals surface area contributed by atoms with Gasteiger partial charge in [-0.3, -0.25) is 9.59 Å². The Labute approximate surface area is 134 Å². The average Bonchev–Trinajstić information content (AvgIpc) is 2.78. The molecule has 2 aromatic carbocycles. The monoisotopic (exact) mass is 354 g/mol. The van der Waals surface area contributed by atoms with Gasteiger partial charge < -0.3 is 0 Å². The van der Waals surface area contributed by atoms with Gasteiger partial charge in [-0.1, -0.05) is 24.3 Å². The van der Waals surface area contributed by atoms with Crippen LogP contribution in [0.5, 0.6) is 0 Å². The van der Waals surface area contributed by atoms with Gasteiger partial charge in [0.15, 0.2) is 0 Å². The summed E-state index contributed by atoms with van der Waals surface area (Å²) in [7, 11) is -5.76. The van der Waals surface area contributed by atoms with Gasteiger partial charge in [-0.2, -0.15) is 13.2 Å². The Hall–Kier alpha value is -2.68. The topological polar surface area (TPSA) is 71.5 Å². The molecule has 24 heavy (non-hydrogen) atoms. The predicted molar refractivity (Wildman–Crippen MR) is 76.1 cm³/mol. The summed E-state index contributed by atoms with van der Waals surface area (Å²) in [5.74, 6) is -1.81. The van der Waals surface area contributed by atoms with Gasteiger partial charge in [0.2, 0.25) is 0 Å². The van der Waals surface area contributed by atoms with Crippen LogP contribution in [0, 0.1) is 6.07 Å². The summed E-state index contributed by atoms with van der Waals surface area (Å²) in [6.07, 6.45) is 0. The summed E-state index contributed by atoms with van der Waals surface area (Å²) < 4.78 is 62.0. The minimum absolute atomic E-state index is 0.0184. The van der Waals surface area contributed by atoms with Crippen molar-refractivity contribution in [3.05, 3.63) is 59.7 Å². The van der Waals surface area contributed by atoms with E-state index in [4.69, 9.17) is 0 Å². The highest BCUT2D eigenvalue weighted by atomic mass is 32.2. The molecule has 2 amide bonds. The zero-order valence-electron chi connectivity index (χ0n) is 11.7. The molecule has 0 aromatic heterocycles. The van der Waals surface area contributed by atoms with Crippen molar-refractivity contribution < 1.29 is 31.2 Å². The van der Waals surface area contributed by atoms with Crippen molar-refractivity contribution >= 4 is 27.3 Å². The second-order valence-electron chi connectivity index (χ2n) is 4.82. The van der Waals surface area contributed by atoms with Crippen molar-refractivity contribution in [2.75, 3.05) is 4.90 Å². The molecule has 0 aliphatic carbocycles. The molecule has 0 atom stereocenters. The van der Waals surface area contributed by atoms with Crippen LogP contribution >= 0.6 is 0 Å². The molecule has 9 heteroatoms. The molecule has 0 saturated carbocycles. The Kier molecular flexibility index (Phi) is 3.48. The Morgan fingerprint density at radius 2 is 1.46 bits per heavy atom. The molecule has 1 radical (unpaired) electrons. The third-order valence-corrected chi connectivity index (χ3v) is 4.93. The van der Waals surface area contributed by atoms with E-state index in [0.29, 0.717) is 11.0 Å². The number of para-hydroxylation sites is 1. The van der Waals surface area contributed by atoms with Crippen LogP contribution in [0.4, 0.5) is 18.9 Å². The maximum atomic E-state index is 12.9. The van der Waals surface area contributed by atoms with Crippen LogP contribution in [0.3, 0.4) is 0 Å². The normalized spacial score (nSPS) is 14.9. The van der Waals surface area contributed by atoms with Crippen molar-refractivity contribution in [1.82, 2.24) is 0 Å². The van der Waals surface area contributed by atoms with Gasteiger partial charge in [0.1, 0.15) is 4.90 Å². The lowest BCUT2D eigenvalue weighted by Crippen LogP contribution is -2.33.